The van der Waals surface area contributed by atoms with Crippen LogP contribution in [0.5, 0.6) is 5.75 Å². The maximum Gasteiger partial charge on any atom is 0.255 e. The summed E-state index contributed by atoms with van der Waals surface area (Å²) in [7, 11) is 1.50. The molecule has 0 saturated heterocycles. The lowest BCUT2D eigenvalue weighted by atomic mass is 10.1. The Kier molecular flexibility index (Phi) is 5.28. The van der Waals surface area contributed by atoms with Crippen LogP contribution in [0.1, 0.15) is 21.5 Å². The lowest BCUT2D eigenvalue weighted by Gasteiger charge is -2.10. The van der Waals surface area contributed by atoms with Crippen LogP contribution in [0.2, 0.25) is 5.02 Å². The molecule has 0 saturated carbocycles. The SMILES string of the molecule is COc1ccc(Cl)cc1C(=O)NCCc1cc2ccc(C)cc2[nH]c1=O. The Bertz CT molecular complexity index is 1030. The van der Waals surface area contributed by atoms with E-state index in [1.165, 1.54) is 7.11 Å². The Labute approximate surface area is 156 Å². The van der Waals surface area contributed by atoms with Crippen molar-refractivity contribution in [3.8, 4) is 5.75 Å². The number of hydrogen-bond donors (Lipinski definition) is 2. The van der Waals surface area contributed by atoms with Crippen molar-refractivity contribution in [2.24, 2.45) is 0 Å². The Morgan fingerprint density at radius 2 is 2.00 bits per heavy atom. The largest absolute Gasteiger partial charge is 0.496 e. The molecule has 0 aliphatic heterocycles. The molecule has 0 fully saturated rings. The molecule has 2 N–H and O–H groups in total. The fourth-order valence-corrected chi connectivity index (χ4v) is 2.98. The number of H-pyrrole nitrogens is 1. The van der Waals surface area contributed by atoms with Crippen molar-refractivity contribution >= 4 is 28.4 Å². The molecule has 2 aromatic carbocycles. The zero-order chi connectivity index (χ0) is 18.7. The van der Waals surface area contributed by atoms with Crippen LogP contribution >= 0.6 is 11.6 Å². The van der Waals surface area contributed by atoms with Gasteiger partial charge in [0.1, 0.15) is 5.75 Å². The summed E-state index contributed by atoms with van der Waals surface area (Å²) in [5, 5.41) is 4.22. The molecule has 0 aliphatic rings. The highest BCUT2D eigenvalue weighted by molar-refractivity contribution is 6.31. The predicted octanol–water partition coefficient (Wildman–Crippen LogP) is 3.47. The van der Waals surface area contributed by atoms with Gasteiger partial charge in [0.2, 0.25) is 0 Å². The second kappa shape index (κ2) is 7.62. The monoisotopic (exact) mass is 370 g/mol. The van der Waals surface area contributed by atoms with Crippen molar-refractivity contribution in [1.82, 2.24) is 10.3 Å². The number of ether oxygens (including phenoxy) is 1. The van der Waals surface area contributed by atoms with Crippen molar-refractivity contribution in [2.45, 2.75) is 13.3 Å². The first-order valence-electron chi connectivity index (χ1n) is 8.22. The maximum atomic E-state index is 12.4. The van der Waals surface area contributed by atoms with Crippen LogP contribution in [-0.4, -0.2) is 24.5 Å². The first-order chi connectivity index (χ1) is 12.5. The van der Waals surface area contributed by atoms with E-state index < -0.39 is 0 Å². The number of methoxy groups -OCH3 is 1. The standard InChI is InChI=1S/C20H19ClN2O3/c1-12-3-4-13-10-14(19(24)23-17(13)9-12)7-8-22-20(25)16-11-15(21)5-6-18(16)26-2/h3-6,9-11H,7-8H2,1-2H3,(H,22,25)(H,23,24). The summed E-state index contributed by atoms with van der Waals surface area (Å²) in [5.74, 6) is 0.156. The molecule has 5 nitrogen and oxygen atoms in total. The number of fused-ring (bicyclic) bond motifs is 1. The molecule has 0 bridgehead atoms. The average molecular weight is 371 g/mol. The summed E-state index contributed by atoms with van der Waals surface area (Å²) in [4.78, 5) is 27.5. The summed E-state index contributed by atoms with van der Waals surface area (Å²) in [6, 6.07) is 12.6. The second-order valence-electron chi connectivity index (χ2n) is 6.06. The summed E-state index contributed by atoms with van der Waals surface area (Å²) in [6.07, 6.45) is 0.424. The Morgan fingerprint density at radius 1 is 1.19 bits per heavy atom. The minimum Gasteiger partial charge on any atom is -0.496 e. The fraction of sp³-hybridized carbons (Fsp3) is 0.200. The molecule has 3 aromatic rings. The highest BCUT2D eigenvalue weighted by Gasteiger charge is 2.13. The fourth-order valence-electron chi connectivity index (χ4n) is 2.81. The van der Waals surface area contributed by atoms with Crippen LogP contribution in [-0.2, 0) is 6.42 Å². The molecule has 1 amide bonds. The van der Waals surface area contributed by atoms with Crippen molar-refractivity contribution in [2.75, 3.05) is 13.7 Å². The number of pyridine rings is 1. The van der Waals surface area contributed by atoms with Crippen molar-refractivity contribution < 1.29 is 9.53 Å². The molecule has 0 atom stereocenters. The minimum atomic E-state index is -0.294. The smallest absolute Gasteiger partial charge is 0.255 e. The van der Waals surface area contributed by atoms with E-state index in [-0.39, 0.29) is 11.5 Å². The predicted molar refractivity (Wildman–Crippen MR) is 103 cm³/mol. The number of aromatic nitrogens is 1. The molecule has 134 valence electrons. The molecule has 3 rings (SSSR count). The third-order valence-corrected chi connectivity index (χ3v) is 4.40. The highest BCUT2D eigenvalue weighted by atomic mass is 35.5. The van der Waals surface area contributed by atoms with Gasteiger partial charge in [-0.1, -0.05) is 23.7 Å². The van der Waals surface area contributed by atoms with Gasteiger partial charge in [-0.15, -0.1) is 0 Å². The van der Waals surface area contributed by atoms with E-state index in [4.69, 9.17) is 16.3 Å². The van der Waals surface area contributed by atoms with Crippen molar-refractivity contribution in [3.63, 3.8) is 0 Å². The number of carbonyl (C=O) groups excluding carboxylic acids is 1. The Hall–Kier alpha value is -2.79. The number of hydrogen-bond acceptors (Lipinski definition) is 3. The summed E-state index contributed by atoms with van der Waals surface area (Å²) < 4.78 is 5.19. The molecule has 26 heavy (non-hydrogen) atoms. The normalized spacial score (nSPS) is 10.7. The van der Waals surface area contributed by atoms with E-state index in [2.05, 4.69) is 10.3 Å². The zero-order valence-electron chi connectivity index (χ0n) is 14.6. The number of amides is 1. The van der Waals surface area contributed by atoms with Crippen LogP contribution in [0.4, 0.5) is 0 Å². The van der Waals surface area contributed by atoms with Gasteiger partial charge in [0.15, 0.2) is 0 Å². The number of aryl methyl sites for hydroxylation is 1. The third kappa shape index (κ3) is 3.89. The number of halogens is 1. The van der Waals surface area contributed by atoms with Crippen LogP contribution in [0.3, 0.4) is 0 Å². The van der Waals surface area contributed by atoms with Gasteiger partial charge in [0, 0.05) is 22.6 Å². The van der Waals surface area contributed by atoms with Crippen LogP contribution in [0, 0.1) is 6.92 Å². The number of carbonyl (C=O) groups is 1. The minimum absolute atomic E-state index is 0.141. The number of rotatable bonds is 5. The van der Waals surface area contributed by atoms with Crippen LogP contribution < -0.4 is 15.6 Å². The van der Waals surface area contributed by atoms with E-state index in [0.717, 1.165) is 16.5 Å². The lowest BCUT2D eigenvalue weighted by Crippen LogP contribution is -2.27. The van der Waals surface area contributed by atoms with E-state index in [1.807, 2.05) is 31.2 Å². The summed E-state index contributed by atoms with van der Waals surface area (Å²) >= 11 is 5.95. The first-order valence-corrected chi connectivity index (χ1v) is 8.60. The molecular formula is C20H19ClN2O3. The number of benzene rings is 2. The number of aromatic amines is 1. The Morgan fingerprint density at radius 3 is 2.77 bits per heavy atom. The van der Waals surface area contributed by atoms with Crippen molar-refractivity contribution in [1.29, 1.82) is 0 Å². The second-order valence-corrected chi connectivity index (χ2v) is 6.50. The van der Waals surface area contributed by atoms with E-state index >= 15 is 0 Å². The lowest BCUT2D eigenvalue weighted by molar-refractivity contribution is 0.0951. The molecule has 1 aromatic heterocycles. The maximum absolute atomic E-state index is 12.4. The van der Waals surface area contributed by atoms with Crippen LogP contribution in [0.25, 0.3) is 10.9 Å². The van der Waals surface area contributed by atoms with Gasteiger partial charge >= 0.3 is 0 Å². The number of nitrogens with one attached hydrogen (secondary N) is 2. The first kappa shape index (κ1) is 18.0. The van der Waals surface area contributed by atoms with Crippen molar-refractivity contribution in [3.05, 3.63) is 74.5 Å². The summed E-state index contributed by atoms with van der Waals surface area (Å²) in [6.45, 7) is 2.31. The van der Waals surface area contributed by atoms with Gasteiger partial charge in [-0.25, -0.2) is 0 Å². The molecule has 0 radical (unpaired) electrons. The van der Waals surface area contributed by atoms with Gasteiger partial charge in [-0.05, 0) is 54.6 Å². The molecule has 6 heteroatoms. The van der Waals surface area contributed by atoms with E-state index in [1.54, 1.807) is 18.2 Å². The zero-order valence-corrected chi connectivity index (χ0v) is 15.3. The van der Waals surface area contributed by atoms with Gasteiger partial charge in [-0.2, -0.15) is 0 Å². The topological polar surface area (TPSA) is 71.2 Å². The molecular weight excluding hydrogens is 352 g/mol. The average Bonchev–Trinajstić information content (AvgIpc) is 2.62. The van der Waals surface area contributed by atoms with Gasteiger partial charge in [0.05, 0.1) is 12.7 Å². The quantitative estimate of drug-likeness (QED) is 0.722. The highest BCUT2D eigenvalue weighted by Crippen LogP contribution is 2.22. The third-order valence-electron chi connectivity index (χ3n) is 4.16. The molecule has 1 heterocycles. The molecule has 0 unspecified atom stereocenters. The summed E-state index contributed by atoms with van der Waals surface area (Å²) in [5.41, 5.74) is 2.75. The molecule has 0 aliphatic carbocycles. The van der Waals surface area contributed by atoms with Gasteiger partial charge in [0.25, 0.3) is 11.5 Å². The van der Waals surface area contributed by atoms with E-state index in [9.17, 15) is 9.59 Å². The van der Waals surface area contributed by atoms with Gasteiger partial charge in [-0.3, -0.25) is 9.59 Å². The van der Waals surface area contributed by atoms with Gasteiger partial charge < -0.3 is 15.0 Å². The van der Waals surface area contributed by atoms with Crippen LogP contribution in [0.15, 0.2) is 47.3 Å². The Balaban J connectivity index is 1.72. The molecule has 0 spiro atoms. The van der Waals surface area contributed by atoms with E-state index in [0.29, 0.717) is 34.9 Å².